The fourth-order valence-corrected chi connectivity index (χ4v) is 7.27. The Morgan fingerprint density at radius 3 is 2.62 bits per heavy atom. The zero-order chi connectivity index (χ0) is 31.0. The summed E-state index contributed by atoms with van der Waals surface area (Å²) in [4.78, 5) is 34.0. The molecule has 2 saturated heterocycles. The number of nitrogens with one attached hydrogen (secondary N) is 1. The van der Waals surface area contributed by atoms with E-state index in [4.69, 9.17) is 20.4 Å². The normalized spacial score (nSPS) is 21.6. The molecule has 2 aliphatic heterocycles. The number of rotatable bonds is 8. The lowest BCUT2D eigenvalue weighted by Gasteiger charge is -2.23. The Balaban J connectivity index is 1.19. The first-order valence-corrected chi connectivity index (χ1v) is 15.7. The largest absolute Gasteiger partial charge is 0.482 e. The van der Waals surface area contributed by atoms with Crippen LogP contribution in [0.15, 0.2) is 42.7 Å². The number of fused-ring (bicyclic) bond motifs is 4. The number of nitrogens with two attached hydrogens (primary N) is 1. The molecule has 3 aliphatic rings. The number of amides is 1. The van der Waals surface area contributed by atoms with Crippen molar-refractivity contribution in [3.8, 4) is 17.3 Å². The van der Waals surface area contributed by atoms with Crippen LogP contribution in [0.1, 0.15) is 66.8 Å². The van der Waals surface area contributed by atoms with Gasteiger partial charge in [0.25, 0.3) is 5.91 Å². The summed E-state index contributed by atoms with van der Waals surface area (Å²) in [5, 5.41) is 4.23. The lowest BCUT2D eigenvalue weighted by molar-refractivity contribution is 0.0726. The Morgan fingerprint density at radius 1 is 1.13 bits per heavy atom. The zero-order valence-electron chi connectivity index (χ0n) is 25.6. The lowest BCUT2D eigenvalue weighted by atomic mass is 9.97. The van der Waals surface area contributed by atoms with Crippen molar-refractivity contribution in [1.29, 1.82) is 0 Å². The molecular weight excluding hydrogens is 573 g/mol. The number of aryl methyl sites for hydroxylation is 1. The molecule has 11 nitrogen and oxygen atoms in total. The number of carbonyl (C=O) groups excluding carboxylic acids is 1. The highest BCUT2D eigenvalue weighted by atomic mass is 19.1. The second kappa shape index (κ2) is 10.5. The quantitative estimate of drug-likeness (QED) is 0.255. The summed E-state index contributed by atoms with van der Waals surface area (Å²) in [5.74, 6) is 1.01. The summed E-state index contributed by atoms with van der Waals surface area (Å²) in [6, 6.07) is 10.0. The summed E-state index contributed by atoms with van der Waals surface area (Å²) >= 11 is 0. The fourth-order valence-electron chi connectivity index (χ4n) is 7.27. The molecule has 3 N–H and O–H groups in total. The van der Waals surface area contributed by atoms with E-state index < -0.39 is 5.82 Å². The molecule has 45 heavy (non-hydrogen) atoms. The molecule has 3 fully saturated rings. The van der Waals surface area contributed by atoms with Gasteiger partial charge in [-0.3, -0.25) is 9.20 Å². The van der Waals surface area contributed by atoms with Crippen LogP contribution in [0.5, 0.6) is 5.88 Å². The van der Waals surface area contributed by atoms with Crippen molar-refractivity contribution in [3.05, 3.63) is 65.5 Å². The van der Waals surface area contributed by atoms with E-state index in [0.717, 1.165) is 72.0 Å². The Labute approximate surface area is 259 Å². The van der Waals surface area contributed by atoms with Crippen molar-refractivity contribution in [2.45, 2.75) is 76.7 Å². The van der Waals surface area contributed by atoms with Crippen LogP contribution >= 0.6 is 0 Å². The molecule has 1 amide bonds. The number of methoxy groups -OCH3 is 1. The molecule has 1 saturated carbocycles. The fraction of sp³-hybridized carbons (Fsp3) is 0.424. The van der Waals surface area contributed by atoms with Gasteiger partial charge in [0, 0.05) is 41.7 Å². The third-order valence-corrected chi connectivity index (χ3v) is 9.75. The number of carbonyl (C=O) groups is 1. The number of aromatic nitrogens is 6. The van der Waals surface area contributed by atoms with E-state index in [9.17, 15) is 9.18 Å². The topological polar surface area (TPSA) is 128 Å². The van der Waals surface area contributed by atoms with Crippen LogP contribution in [-0.2, 0) is 6.54 Å². The minimum Gasteiger partial charge on any atom is -0.482 e. The van der Waals surface area contributed by atoms with Crippen LogP contribution < -0.4 is 15.8 Å². The number of halogens is 1. The number of nitrogens with zero attached hydrogens (tertiary/aromatic N) is 7. The molecule has 0 spiro atoms. The van der Waals surface area contributed by atoms with E-state index in [1.165, 1.54) is 12.8 Å². The van der Waals surface area contributed by atoms with Gasteiger partial charge in [-0.15, -0.1) is 0 Å². The van der Waals surface area contributed by atoms with Crippen LogP contribution in [0.2, 0.25) is 0 Å². The smallest absolute Gasteiger partial charge is 0.254 e. The first-order valence-electron chi connectivity index (χ1n) is 15.7. The van der Waals surface area contributed by atoms with Crippen molar-refractivity contribution >= 4 is 28.5 Å². The number of anilines is 1. The molecule has 2 bridgehead atoms. The number of pyridine rings is 2. The van der Waals surface area contributed by atoms with Gasteiger partial charge < -0.3 is 25.3 Å². The van der Waals surface area contributed by atoms with Crippen molar-refractivity contribution in [2.75, 3.05) is 12.4 Å². The molecular formula is C33H36FN9O2. The van der Waals surface area contributed by atoms with E-state index in [2.05, 4.69) is 32.0 Å². The first kappa shape index (κ1) is 27.9. The van der Waals surface area contributed by atoms with Gasteiger partial charge in [-0.1, -0.05) is 0 Å². The molecule has 0 radical (unpaired) electrons. The summed E-state index contributed by atoms with van der Waals surface area (Å²) in [6.07, 6.45) is 7.48. The van der Waals surface area contributed by atoms with Crippen LogP contribution in [0.3, 0.4) is 0 Å². The standard InChI is InChI=1S/C33H36FN9O2/c1-17(38-33-36-14-22(34)15-37-33)25-8-6-20-10-27(41(31(20)39-25)16-19-4-5-19)30-18(2)42-28(40-30)11-21(12-29(42)45-3)32(44)43-23-7-9-26(43)24(35)13-23/h6,8,10-12,14-15,17,19,23-24,26H,4-5,7,9,13,16,35H2,1-3H3,(H,36,37,38)/t17-,23+,24-,26-/m1/s1. The molecule has 7 heterocycles. The number of ether oxygens (including phenoxy) is 1. The number of imidazole rings is 1. The summed E-state index contributed by atoms with van der Waals surface area (Å²) in [6.45, 7) is 4.85. The van der Waals surface area contributed by atoms with Gasteiger partial charge in [-0.2, -0.15) is 0 Å². The van der Waals surface area contributed by atoms with Crippen LogP contribution in [0, 0.1) is 18.7 Å². The van der Waals surface area contributed by atoms with Crippen molar-refractivity contribution < 1.29 is 13.9 Å². The minimum atomic E-state index is -0.482. The molecule has 232 valence electrons. The summed E-state index contributed by atoms with van der Waals surface area (Å²) < 4.78 is 23.4. The van der Waals surface area contributed by atoms with Crippen molar-refractivity contribution in [3.63, 3.8) is 0 Å². The second-order valence-electron chi connectivity index (χ2n) is 12.8. The van der Waals surface area contributed by atoms with Gasteiger partial charge in [-0.25, -0.2) is 24.3 Å². The van der Waals surface area contributed by atoms with Gasteiger partial charge in [0.2, 0.25) is 5.95 Å². The molecule has 0 unspecified atom stereocenters. The van der Waals surface area contributed by atoms with Crippen LogP contribution in [-0.4, -0.2) is 64.9 Å². The maximum absolute atomic E-state index is 13.8. The van der Waals surface area contributed by atoms with Gasteiger partial charge in [0.1, 0.15) is 17.0 Å². The number of hydrogen-bond donors (Lipinski definition) is 2. The number of hydrogen-bond acceptors (Lipinski definition) is 8. The highest BCUT2D eigenvalue weighted by molar-refractivity contribution is 5.96. The van der Waals surface area contributed by atoms with Crippen LogP contribution in [0.25, 0.3) is 28.1 Å². The van der Waals surface area contributed by atoms with E-state index in [-0.39, 0.29) is 30.1 Å². The second-order valence-corrected chi connectivity index (χ2v) is 12.8. The third-order valence-electron chi connectivity index (χ3n) is 9.75. The Bertz CT molecular complexity index is 1950. The van der Waals surface area contributed by atoms with E-state index in [0.29, 0.717) is 29.0 Å². The predicted octanol–water partition coefficient (Wildman–Crippen LogP) is 4.88. The molecule has 4 atom stereocenters. The monoisotopic (exact) mass is 609 g/mol. The molecule has 5 aromatic heterocycles. The first-order chi connectivity index (χ1) is 21.8. The van der Waals surface area contributed by atoms with E-state index >= 15 is 0 Å². The SMILES string of the molecule is COc1cc(C(=O)N2[C@H]3CC[C@@H]2[C@H](N)C3)cc2nc(-c3cc4ccc([C@@H](C)Nc5ncc(F)cn5)nc4n3CC3CC3)c(C)n12. The summed E-state index contributed by atoms with van der Waals surface area (Å²) in [7, 11) is 1.62. The van der Waals surface area contributed by atoms with E-state index in [1.54, 1.807) is 7.11 Å². The van der Waals surface area contributed by atoms with Crippen LogP contribution in [0.4, 0.5) is 10.3 Å². The maximum Gasteiger partial charge on any atom is 0.254 e. The van der Waals surface area contributed by atoms with Crippen molar-refractivity contribution in [1.82, 2.24) is 33.8 Å². The highest BCUT2D eigenvalue weighted by Crippen LogP contribution is 2.40. The van der Waals surface area contributed by atoms with Gasteiger partial charge in [0.15, 0.2) is 11.7 Å². The average Bonchev–Trinajstić information content (AvgIpc) is 3.36. The Kier molecular flexibility index (Phi) is 6.52. The van der Waals surface area contributed by atoms with Gasteiger partial charge in [-0.05, 0) is 76.1 Å². The Morgan fingerprint density at radius 2 is 1.93 bits per heavy atom. The zero-order valence-corrected chi connectivity index (χ0v) is 25.6. The highest BCUT2D eigenvalue weighted by Gasteiger charge is 2.47. The van der Waals surface area contributed by atoms with Gasteiger partial charge in [0.05, 0.1) is 42.6 Å². The molecule has 12 heteroatoms. The lowest BCUT2D eigenvalue weighted by Crippen LogP contribution is -2.40. The van der Waals surface area contributed by atoms with Crippen molar-refractivity contribution in [2.24, 2.45) is 11.7 Å². The molecule has 0 aromatic carbocycles. The average molecular weight is 610 g/mol. The Hall–Kier alpha value is -4.58. The molecule has 1 aliphatic carbocycles. The van der Waals surface area contributed by atoms with E-state index in [1.807, 2.05) is 41.3 Å². The summed E-state index contributed by atoms with van der Waals surface area (Å²) in [5.41, 5.74) is 12.0. The molecule has 8 rings (SSSR count). The third kappa shape index (κ3) is 4.70. The predicted molar refractivity (Wildman–Crippen MR) is 168 cm³/mol. The minimum absolute atomic E-state index is 0.00760. The maximum atomic E-state index is 13.8. The molecule has 5 aromatic rings. The van der Waals surface area contributed by atoms with Gasteiger partial charge >= 0.3 is 0 Å².